The molecule has 1 aliphatic heterocycles. The molecule has 5 aromatic rings. The first-order valence-electron chi connectivity index (χ1n) is 24.6. The smallest absolute Gasteiger partial charge is 0.410 e. The number of rotatable bonds is 24. The van der Waals surface area contributed by atoms with Crippen LogP contribution in [0.3, 0.4) is 0 Å². The maximum atomic E-state index is 15.2. The summed E-state index contributed by atoms with van der Waals surface area (Å²) in [5.74, 6) is -0.781. The lowest BCUT2D eigenvalue weighted by atomic mass is 9.55. The molecule has 2 N–H and O–H groups in total. The summed E-state index contributed by atoms with van der Waals surface area (Å²) in [6.07, 6.45) is 8.35. The third-order valence-corrected chi connectivity index (χ3v) is 13.7. The van der Waals surface area contributed by atoms with E-state index in [4.69, 9.17) is 33.7 Å². The summed E-state index contributed by atoms with van der Waals surface area (Å²) in [4.78, 5) is 27.6. The number of unbranched alkanes of at least 4 members (excludes halogenated alkanes) is 2. The number of ether oxygens (including phenoxy) is 5. The first kappa shape index (κ1) is 49.4. The molecule has 1 aromatic heterocycles. The predicted molar refractivity (Wildman–Crippen MR) is 267 cm³/mol. The van der Waals surface area contributed by atoms with Gasteiger partial charge in [0, 0.05) is 36.8 Å². The highest BCUT2D eigenvalue weighted by atomic mass is 16.7. The number of allylic oxidation sites excluding steroid dienone is 1. The van der Waals surface area contributed by atoms with Gasteiger partial charge in [0.2, 0.25) is 5.79 Å². The lowest BCUT2D eigenvalue weighted by Gasteiger charge is -2.59. The number of carbonyl (C=O) groups excluding carboxylic acids is 1. The van der Waals surface area contributed by atoms with Crippen molar-refractivity contribution in [3.05, 3.63) is 162 Å². The third-order valence-electron chi connectivity index (χ3n) is 13.7. The molecule has 0 spiro atoms. The Morgan fingerprint density at radius 3 is 2.49 bits per heavy atom. The van der Waals surface area contributed by atoms with Crippen molar-refractivity contribution in [2.75, 3.05) is 39.6 Å². The van der Waals surface area contributed by atoms with E-state index in [1.807, 2.05) is 92.7 Å². The minimum atomic E-state index is -1.48. The lowest BCUT2D eigenvalue weighted by molar-refractivity contribution is -0.256. The van der Waals surface area contributed by atoms with Gasteiger partial charge >= 0.3 is 6.09 Å². The van der Waals surface area contributed by atoms with Gasteiger partial charge in [-0.1, -0.05) is 109 Å². The van der Waals surface area contributed by atoms with Gasteiger partial charge in [0.15, 0.2) is 0 Å². The molecular formula is C57H67N3O9. The summed E-state index contributed by atoms with van der Waals surface area (Å²) >= 11 is 0. The third kappa shape index (κ3) is 11.5. The number of aryl methyl sites for hydroxylation is 1. The van der Waals surface area contributed by atoms with E-state index in [9.17, 15) is 10.2 Å². The number of benzene rings is 4. The molecule has 0 saturated heterocycles. The zero-order valence-corrected chi connectivity index (χ0v) is 40.0. The van der Waals surface area contributed by atoms with Gasteiger partial charge < -0.3 is 38.7 Å². The molecule has 364 valence electrons. The topological polar surface area (TPSA) is 141 Å². The van der Waals surface area contributed by atoms with Crippen molar-refractivity contribution in [1.29, 1.82) is 0 Å². The molecule has 2 aliphatic carbocycles. The molecule has 0 unspecified atom stereocenters. The summed E-state index contributed by atoms with van der Waals surface area (Å²) in [6.45, 7) is 9.70. The zero-order valence-electron chi connectivity index (χ0n) is 40.0. The van der Waals surface area contributed by atoms with E-state index in [-0.39, 0.29) is 70.4 Å². The number of aliphatic hydroxyl groups is 2. The molecule has 12 heteroatoms. The molecular weight excluding hydrogens is 871 g/mol. The highest BCUT2D eigenvalue weighted by molar-refractivity contribution is 6.03. The summed E-state index contributed by atoms with van der Waals surface area (Å²) in [5.41, 5.74) is 6.32. The molecule has 4 aromatic carbocycles. The summed E-state index contributed by atoms with van der Waals surface area (Å²) in [6, 6.07) is 35.3. The number of aromatic nitrogens is 1. The Balaban J connectivity index is 1.27. The van der Waals surface area contributed by atoms with Crippen molar-refractivity contribution < 1.29 is 43.5 Å². The van der Waals surface area contributed by atoms with Crippen LogP contribution in [0.25, 0.3) is 10.8 Å². The van der Waals surface area contributed by atoms with Gasteiger partial charge in [0.1, 0.15) is 37.4 Å². The zero-order chi connectivity index (χ0) is 48.0. The standard InChI is InChI=1S/C57H67N3O9/c1-4-31-67-57-53(60(37-44-23-16-22-42-20-9-10-25-47(42)44)56(63)65-33-32-64-38-41-18-7-6-8-19-41)36-51(59-68-5-2)49-34-43(21-11-13-29-61)48(26-12-14-30-62)54(55(49)57)50-35-46(27-28-52(50)69-57)66-39-45-24-15-17-40(3)58-45/h4,6-10,15-20,22-25,27-28,34-35,43,48,53-55,61-62H,1,5,11-14,21,26,29-33,36-39H2,2-3H3/t43-,48+,53-,54+,55+,57+/m0/s1. The Labute approximate surface area is 406 Å². The van der Waals surface area contributed by atoms with Crippen LogP contribution < -0.4 is 9.47 Å². The second-order valence-electron chi connectivity index (χ2n) is 18.2. The number of hydrogen-bond acceptors (Lipinski definition) is 11. The average Bonchev–Trinajstić information content (AvgIpc) is 3.37. The summed E-state index contributed by atoms with van der Waals surface area (Å²) < 4.78 is 33.4. The van der Waals surface area contributed by atoms with Crippen molar-refractivity contribution >= 4 is 22.6 Å². The first-order chi connectivity index (χ1) is 33.9. The Morgan fingerprint density at radius 2 is 1.70 bits per heavy atom. The van der Waals surface area contributed by atoms with Crippen LogP contribution in [-0.4, -0.2) is 83.4 Å². The number of nitrogens with zero attached hydrogens (tertiary/aromatic N) is 3. The molecule has 1 fully saturated rings. The second kappa shape index (κ2) is 24.0. The van der Waals surface area contributed by atoms with Crippen LogP contribution in [0.1, 0.15) is 85.9 Å². The van der Waals surface area contributed by atoms with Crippen LogP contribution >= 0.6 is 0 Å². The van der Waals surface area contributed by atoms with Crippen molar-refractivity contribution in [1.82, 2.24) is 9.88 Å². The molecule has 1 amide bonds. The van der Waals surface area contributed by atoms with Gasteiger partial charge in [0.25, 0.3) is 0 Å². The molecule has 0 bridgehead atoms. The quantitative estimate of drug-likeness (QED) is 0.0349. The van der Waals surface area contributed by atoms with E-state index in [2.05, 4.69) is 48.0 Å². The van der Waals surface area contributed by atoms with Crippen LogP contribution in [0.5, 0.6) is 11.5 Å². The fourth-order valence-electron chi connectivity index (χ4n) is 10.7. The van der Waals surface area contributed by atoms with Gasteiger partial charge in [-0.2, -0.15) is 0 Å². The summed E-state index contributed by atoms with van der Waals surface area (Å²) in [5, 5.41) is 27.0. The fraction of sp³-hybridized carbons (Fsp3) is 0.421. The Bertz CT molecular complexity index is 2540. The lowest BCUT2D eigenvalue weighted by Crippen LogP contribution is -2.70. The molecule has 69 heavy (non-hydrogen) atoms. The van der Waals surface area contributed by atoms with Gasteiger partial charge in [-0.05, 0) is 109 Å². The average molecular weight is 938 g/mol. The molecule has 6 atom stereocenters. The highest BCUT2D eigenvalue weighted by Crippen LogP contribution is 2.62. The van der Waals surface area contributed by atoms with Gasteiger partial charge in [-0.3, -0.25) is 9.88 Å². The number of amides is 1. The number of fused-ring (bicyclic) bond motifs is 3. The van der Waals surface area contributed by atoms with Crippen LogP contribution in [0.2, 0.25) is 0 Å². The SMILES string of the molecule is C=CCO[C@@]12Oc3ccc(OCc4cccc(C)n4)cc3[C@H]3[C@H](CCCCO)[C@@H](CCCCO)C=C(C(=NOCC)C[C@@H]1N(Cc1cccc4ccccc14)C(=O)OCCOCc1ccccc1)[C@H]32. The van der Waals surface area contributed by atoms with E-state index in [1.54, 1.807) is 11.0 Å². The maximum absolute atomic E-state index is 15.2. The number of carbonyl (C=O) groups is 1. The first-order valence-corrected chi connectivity index (χ1v) is 24.6. The normalized spacial score (nSPS) is 21.9. The second-order valence-corrected chi connectivity index (χ2v) is 18.2. The Hall–Kier alpha value is -6.05. The Kier molecular flexibility index (Phi) is 17.2. The Morgan fingerprint density at radius 1 is 0.913 bits per heavy atom. The van der Waals surface area contributed by atoms with E-state index in [0.29, 0.717) is 43.3 Å². The molecule has 0 radical (unpaired) electrons. The van der Waals surface area contributed by atoms with E-state index in [0.717, 1.165) is 70.1 Å². The van der Waals surface area contributed by atoms with Crippen molar-refractivity contribution in [2.24, 2.45) is 22.9 Å². The van der Waals surface area contributed by atoms with Crippen LogP contribution in [-0.2, 0) is 38.8 Å². The van der Waals surface area contributed by atoms with Crippen molar-refractivity contribution in [3.8, 4) is 11.5 Å². The minimum Gasteiger partial charge on any atom is -0.487 e. The number of hydrogen-bond donors (Lipinski definition) is 2. The van der Waals surface area contributed by atoms with E-state index < -0.39 is 23.8 Å². The molecule has 3 aliphatic rings. The molecule has 2 heterocycles. The van der Waals surface area contributed by atoms with E-state index in [1.165, 1.54) is 0 Å². The number of oxime groups is 1. The van der Waals surface area contributed by atoms with Crippen LogP contribution in [0.15, 0.2) is 139 Å². The monoisotopic (exact) mass is 937 g/mol. The number of pyridine rings is 1. The minimum absolute atomic E-state index is 0.0228. The molecule has 8 rings (SSSR count). The predicted octanol–water partition coefficient (Wildman–Crippen LogP) is 10.6. The van der Waals surface area contributed by atoms with Crippen LogP contribution in [0.4, 0.5) is 4.79 Å². The van der Waals surface area contributed by atoms with Gasteiger partial charge in [-0.25, -0.2) is 4.79 Å². The van der Waals surface area contributed by atoms with Crippen molar-refractivity contribution in [2.45, 2.75) is 96.3 Å². The summed E-state index contributed by atoms with van der Waals surface area (Å²) in [7, 11) is 0. The largest absolute Gasteiger partial charge is 0.487 e. The molecule has 1 saturated carbocycles. The highest BCUT2D eigenvalue weighted by Gasteiger charge is 2.65. The van der Waals surface area contributed by atoms with Crippen LogP contribution in [0, 0.1) is 24.7 Å². The van der Waals surface area contributed by atoms with Crippen molar-refractivity contribution in [3.63, 3.8) is 0 Å². The van der Waals surface area contributed by atoms with E-state index >= 15 is 4.79 Å². The maximum Gasteiger partial charge on any atom is 0.410 e. The van der Waals surface area contributed by atoms with Gasteiger partial charge in [-0.15, -0.1) is 6.58 Å². The molecule has 12 nitrogen and oxygen atoms in total. The van der Waals surface area contributed by atoms with Gasteiger partial charge in [0.05, 0.1) is 43.7 Å². The number of aliphatic hydroxyl groups excluding tert-OH is 2. The fourth-order valence-corrected chi connectivity index (χ4v) is 10.7.